The molecule has 3 rings (SSSR count). The molecular weight excluding hydrogens is 375 g/mol. The predicted octanol–water partition coefficient (Wildman–Crippen LogP) is 4.26. The highest BCUT2D eigenvalue weighted by Crippen LogP contribution is 2.33. The van der Waals surface area contributed by atoms with Gasteiger partial charge in [-0.3, -0.25) is 4.79 Å². The van der Waals surface area contributed by atoms with Gasteiger partial charge < -0.3 is 4.57 Å². The molecule has 0 aliphatic rings. The van der Waals surface area contributed by atoms with E-state index in [0.717, 1.165) is 28.5 Å². The molecule has 0 atom stereocenters. The lowest BCUT2D eigenvalue weighted by molar-refractivity contribution is -0.0285. The molecule has 0 amide bonds. The summed E-state index contributed by atoms with van der Waals surface area (Å²) in [5.41, 5.74) is -0.732. The highest BCUT2D eigenvalue weighted by Gasteiger charge is 2.37. The normalized spacial score (nSPS) is 11.4. The van der Waals surface area contributed by atoms with E-state index in [-0.39, 0.29) is 12.2 Å². The predicted molar refractivity (Wildman–Crippen MR) is 96.7 cm³/mol. The van der Waals surface area contributed by atoms with Crippen molar-refractivity contribution in [3.05, 3.63) is 74.5 Å². The van der Waals surface area contributed by atoms with Crippen molar-refractivity contribution in [2.24, 2.45) is 0 Å². The number of benzene rings is 1. The SMILES string of the molecule is Cc1ccccc1Cn1c(-c2nccs2)cc(C(F)(F)CF)c(C#N)c1=O. The van der Waals surface area contributed by atoms with Crippen LogP contribution in [0.15, 0.2) is 46.7 Å². The van der Waals surface area contributed by atoms with Gasteiger partial charge in [-0.25, -0.2) is 9.37 Å². The first-order chi connectivity index (χ1) is 12.9. The molecule has 0 saturated carbocycles. The molecule has 0 aliphatic heterocycles. The van der Waals surface area contributed by atoms with Crippen LogP contribution in [0.5, 0.6) is 0 Å². The molecule has 8 heteroatoms. The van der Waals surface area contributed by atoms with Gasteiger partial charge in [0.2, 0.25) is 0 Å². The van der Waals surface area contributed by atoms with Gasteiger partial charge in [-0.05, 0) is 24.1 Å². The fraction of sp³-hybridized carbons (Fsp3) is 0.211. The van der Waals surface area contributed by atoms with Crippen LogP contribution in [-0.2, 0) is 12.5 Å². The molecule has 0 fully saturated rings. The van der Waals surface area contributed by atoms with Crippen LogP contribution in [-0.4, -0.2) is 16.2 Å². The number of hydrogen-bond acceptors (Lipinski definition) is 4. The van der Waals surface area contributed by atoms with Gasteiger partial charge in [0.05, 0.1) is 12.2 Å². The third-order valence-corrected chi connectivity index (χ3v) is 5.01. The number of pyridine rings is 1. The third-order valence-electron chi connectivity index (χ3n) is 4.22. The number of rotatable bonds is 5. The van der Waals surface area contributed by atoms with Crippen molar-refractivity contribution in [2.75, 3.05) is 6.67 Å². The number of alkyl halides is 3. The Hall–Kier alpha value is -2.92. The van der Waals surface area contributed by atoms with E-state index in [4.69, 9.17) is 0 Å². The minimum Gasteiger partial charge on any atom is -0.300 e. The molecule has 0 radical (unpaired) electrons. The third kappa shape index (κ3) is 3.51. The summed E-state index contributed by atoms with van der Waals surface area (Å²) in [5, 5.41) is 11.3. The van der Waals surface area contributed by atoms with Gasteiger partial charge in [0.25, 0.3) is 5.56 Å². The van der Waals surface area contributed by atoms with Gasteiger partial charge in [0.1, 0.15) is 16.6 Å². The molecule has 3 aromatic rings. The van der Waals surface area contributed by atoms with Crippen LogP contribution in [0.3, 0.4) is 0 Å². The Labute approximate surface area is 157 Å². The summed E-state index contributed by atoms with van der Waals surface area (Å²) in [6.45, 7) is -0.0585. The van der Waals surface area contributed by atoms with Crippen molar-refractivity contribution in [2.45, 2.75) is 19.4 Å². The smallest absolute Gasteiger partial charge is 0.300 e. The quantitative estimate of drug-likeness (QED) is 0.655. The second-order valence-electron chi connectivity index (χ2n) is 5.92. The topological polar surface area (TPSA) is 58.7 Å². The zero-order valence-corrected chi connectivity index (χ0v) is 15.1. The number of aromatic nitrogens is 2. The van der Waals surface area contributed by atoms with E-state index in [1.807, 2.05) is 25.1 Å². The van der Waals surface area contributed by atoms with Crippen LogP contribution in [0.4, 0.5) is 13.2 Å². The summed E-state index contributed by atoms with van der Waals surface area (Å²) in [7, 11) is 0. The van der Waals surface area contributed by atoms with Gasteiger partial charge in [-0.15, -0.1) is 11.3 Å². The molecule has 0 aliphatic carbocycles. The first-order valence-corrected chi connectivity index (χ1v) is 8.83. The van der Waals surface area contributed by atoms with Crippen LogP contribution >= 0.6 is 11.3 Å². The maximum absolute atomic E-state index is 14.1. The van der Waals surface area contributed by atoms with Crippen LogP contribution in [0, 0.1) is 18.3 Å². The molecule has 2 aromatic heterocycles. The van der Waals surface area contributed by atoms with Crippen molar-refractivity contribution in [1.82, 2.24) is 9.55 Å². The Morgan fingerprint density at radius 3 is 2.67 bits per heavy atom. The molecule has 27 heavy (non-hydrogen) atoms. The average Bonchev–Trinajstić information content (AvgIpc) is 3.19. The number of thiazole rings is 1. The number of hydrogen-bond donors (Lipinski definition) is 0. The number of nitrogens with zero attached hydrogens (tertiary/aromatic N) is 3. The van der Waals surface area contributed by atoms with E-state index < -0.39 is 29.3 Å². The highest BCUT2D eigenvalue weighted by atomic mass is 32.1. The fourth-order valence-corrected chi connectivity index (χ4v) is 3.42. The highest BCUT2D eigenvalue weighted by molar-refractivity contribution is 7.13. The summed E-state index contributed by atoms with van der Waals surface area (Å²) in [6.07, 6.45) is 1.48. The molecule has 4 nitrogen and oxygen atoms in total. The molecule has 1 aromatic carbocycles. The Morgan fingerprint density at radius 1 is 1.33 bits per heavy atom. The van der Waals surface area contributed by atoms with Crippen LogP contribution in [0.2, 0.25) is 0 Å². The van der Waals surface area contributed by atoms with E-state index in [0.29, 0.717) is 5.01 Å². The van der Waals surface area contributed by atoms with E-state index in [1.165, 1.54) is 16.8 Å². The van der Waals surface area contributed by atoms with Crippen molar-refractivity contribution in [1.29, 1.82) is 5.26 Å². The van der Waals surface area contributed by atoms with Crippen LogP contribution in [0.25, 0.3) is 10.7 Å². The summed E-state index contributed by atoms with van der Waals surface area (Å²) in [6, 6.07) is 9.83. The van der Waals surface area contributed by atoms with Crippen molar-refractivity contribution >= 4 is 11.3 Å². The molecule has 0 saturated heterocycles. The largest absolute Gasteiger partial charge is 0.302 e. The number of nitriles is 1. The lowest BCUT2D eigenvalue weighted by Gasteiger charge is -2.19. The van der Waals surface area contributed by atoms with E-state index in [2.05, 4.69) is 4.98 Å². The van der Waals surface area contributed by atoms with Crippen molar-refractivity contribution < 1.29 is 13.2 Å². The van der Waals surface area contributed by atoms with Gasteiger partial charge in [0, 0.05) is 17.1 Å². The number of halogens is 3. The first-order valence-electron chi connectivity index (χ1n) is 7.95. The summed E-state index contributed by atoms with van der Waals surface area (Å²) >= 11 is 1.16. The standard InChI is InChI=1S/C19H14F3N3OS/c1-12-4-2-3-5-13(12)10-25-16(17-24-6-7-27-17)8-15(19(21,22)11-20)14(9-23)18(25)26/h2-8H,10-11H2,1H3. The zero-order valence-electron chi connectivity index (χ0n) is 14.2. The Bertz CT molecular complexity index is 1070. The van der Waals surface area contributed by atoms with Crippen LogP contribution < -0.4 is 5.56 Å². The minimum absolute atomic E-state index is 0.0799. The second kappa shape index (κ2) is 7.37. The summed E-state index contributed by atoms with van der Waals surface area (Å²) in [4.78, 5) is 17.0. The molecule has 138 valence electrons. The Morgan fingerprint density at radius 2 is 2.07 bits per heavy atom. The average molecular weight is 389 g/mol. The van der Waals surface area contributed by atoms with Crippen molar-refractivity contribution in [3.63, 3.8) is 0 Å². The monoisotopic (exact) mass is 389 g/mol. The maximum atomic E-state index is 14.1. The zero-order chi connectivity index (χ0) is 19.6. The van der Waals surface area contributed by atoms with Gasteiger partial charge >= 0.3 is 5.92 Å². The summed E-state index contributed by atoms with van der Waals surface area (Å²) in [5.74, 6) is -3.93. The van der Waals surface area contributed by atoms with Gasteiger partial charge in [-0.2, -0.15) is 14.0 Å². The summed E-state index contributed by atoms with van der Waals surface area (Å²) < 4.78 is 42.3. The Kier molecular flexibility index (Phi) is 5.15. The maximum Gasteiger partial charge on any atom is 0.302 e. The lowest BCUT2D eigenvalue weighted by atomic mass is 10.0. The Balaban J connectivity index is 2.31. The van der Waals surface area contributed by atoms with Gasteiger partial charge in [-0.1, -0.05) is 24.3 Å². The molecule has 0 N–H and O–H groups in total. The molecule has 2 heterocycles. The van der Waals surface area contributed by atoms with Gasteiger partial charge in [0.15, 0.2) is 6.67 Å². The first kappa shape index (κ1) is 18.9. The number of aryl methyl sites for hydroxylation is 1. The molecular formula is C19H14F3N3OS. The second-order valence-corrected chi connectivity index (χ2v) is 6.82. The van der Waals surface area contributed by atoms with E-state index in [9.17, 15) is 23.2 Å². The fourth-order valence-electron chi connectivity index (χ4n) is 2.76. The molecule has 0 spiro atoms. The van der Waals surface area contributed by atoms with Crippen molar-refractivity contribution in [3.8, 4) is 16.8 Å². The van der Waals surface area contributed by atoms with E-state index >= 15 is 0 Å². The minimum atomic E-state index is -3.93. The lowest BCUT2D eigenvalue weighted by Crippen LogP contribution is -2.30. The van der Waals surface area contributed by atoms with Crippen LogP contribution in [0.1, 0.15) is 22.3 Å². The van der Waals surface area contributed by atoms with E-state index in [1.54, 1.807) is 11.4 Å². The molecule has 0 unspecified atom stereocenters. The molecule has 0 bridgehead atoms.